The highest BCUT2D eigenvalue weighted by atomic mass is 16.2. The number of aromatic nitrogens is 1. The summed E-state index contributed by atoms with van der Waals surface area (Å²) in [4.78, 5) is 25.4. The van der Waals surface area contributed by atoms with Crippen LogP contribution < -0.4 is 5.32 Å². The third-order valence-electron chi connectivity index (χ3n) is 4.41. The third kappa shape index (κ3) is 2.62. The van der Waals surface area contributed by atoms with Crippen molar-refractivity contribution in [1.82, 2.24) is 14.8 Å². The van der Waals surface area contributed by atoms with Crippen LogP contribution in [0.1, 0.15) is 31.9 Å². The minimum absolute atomic E-state index is 0.205. The summed E-state index contributed by atoms with van der Waals surface area (Å²) in [6.07, 6.45) is 6.35. The van der Waals surface area contributed by atoms with Crippen molar-refractivity contribution in [2.75, 3.05) is 6.54 Å². The van der Waals surface area contributed by atoms with Gasteiger partial charge in [-0.25, -0.2) is 4.79 Å². The van der Waals surface area contributed by atoms with Crippen LogP contribution in [0.4, 0.5) is 4.79 Å². The predicted molar refractivity (Wildman–Crippen MR) is 95.4 cm³/mol. The van der Waals surface area contributed by atoms with E-state index in [1.54, 1.807) is 6.08 Å². The molecule has 3 rings (SSSR count). The van der Waals surface area contributed by atoms with Crippen molar-refractivity contribution in [3.63, 3.8) is 0 Å². The second-order valence-electron chi connectivity index (χ2n) is 5.96. The quantitative estimate of drug-likeness (QED) is 0.518. The second-order valence-corrected chi connectivity index (χ2v) is 5.96. The maximum absolute atomic E-state index is 12.4. The monoisotopic (exact) mass is 323 g/mol. The number of rotatable bonds is 5. The van der Waals surface area contributed by atoms with Gasteiger partial charge in [0, 0.05) is 35.2 Å². The van der Waals surface area contributed by atoms with Crippen LogP contribution in [0.3, 0.4) is 0 Å². The Bertz CT molecular complexity index is 847. The molecule has 1 fully saturated rings. The number of fused-ring (bicyclic) bond motifs is 1. The van der Waals surface area contributed by atoms with E-state index >= 15 is 0 Å². The van der Waals surface area contributed by atoms with Gasteiger partial charge in [0.15, 0.2) is 0 Å². The van der Waals surface area contributed by atoms with Gasteiger partial charge in [0.05, 0.1) is 0 Å². The zero-order valence-electron chi connectivity index (χ0n) is 14.0. The smallest absolute Gasteiger partial charge is 0.329 e. The van der Waals surface area contributed by atoms with Gasteiger partial charge < -0.3 is 9.88 Å². The normalized spacial score (nSPS) is 17.6. The van der Waals surface area contributed by atoms with E-state index in [0.717, 1.165) is 27.8 Å². The van der Waals surface area contributed by atoms with Crippen molar-refractivity contribution in [3.8, 4) is 0 Å². The van der Waals surface area contributed by atoms with Crippen LogP contribution >= 0.6 is 0 Å². The number of nitrogens with zero attached hydrogens (tertiary/aromatic N) is 2. The van der Waals surface area contributed by atoms with E-state index in [-0.39, 0.29) is 12.5 Å². The molecule has 5 heteroatoms. The van der Waals surface area contributed by atoms with Crippen LogP contribution in [-0.4, -0.2) is 28.0 Å². The fourth-order valence-electron chi connectivity index (χ4n) is 2.93. The second kappa shape index (κ2) is 6.35. The molecule has 1 atom stereocenters. The number of carbonyl (C=O) groups excluding carboxylic acids is 2. The van der Waals surface area contributed by atoms with Crippen LogP contribution in [0.15, 0.2) is 48.8 Å². The Kier molecular flexibility index (Phi) is 4.25. The zero-order chi connectivity index (χ0) is 17.3. The largest absolute Gasteiger partial charge is 0.344 e. The zero-order valence-corrected chi connectivity index (χ0v) is 14.0. The number of hydrogen-bond acceptors (Lipinski definition) is 2. The van der Waals surface area contributed by atoms with Gasteiger partial charge in [-0.3, -0.25) is 9.69 Å². The number of imide groups is 1. The summed E-state index contributed by atoms with van der Waals surface area (Å²) >= 11 is 0. The molecule has 0 aliphatic carbocycles. The first-order valence-electron chi connectivity index (χ1n) is 8.11. The molecule has 0 unspecified atom stereocenters. The van der Waals surface area contributed by atoms with Crippen LogP contribution in [0.2, 0.25) is 0 Å². The lowest BCUT2D eigenvalue weighted by Crippen LogP contribution is -2.30. The molecule has 3 amide bonds. The molecule has 0 radical (unpaired) electrons. The minimum atomic E-state index is -0.406. The van der Waals surface area contributed by atoms with Crippen molar-refractivity contribution in [2.45, 2.75) is 26.3 Å². The third-order valence-corrected chi connectivity index (χ3v) is 4.41. The standard InChI is InChI=1S/C19H21N3O2/c1-4-10-21-18(23)16(20-19(21)24)11-14-12-22(13(3)5-2)17-9-7-6-8-15(14)17/h4,6-9,11-13H,1,5,10H2,2-3H3,(H,20,24)/b16-11+/t13-/m1/s1. The number of amides is 3. The molecule has 0 bridgehead atoms. The lowest BCUT2D eigenvalue weighted by molar-refractivity contribution is -0.122. The first-order valence-corrected chi connectivity index (χ1v) is 8.11. The summed E-state index contributed by atoms with van der Waals surface area (Å²) in [7, 11) is 0. The number of hydrogen-bond donors (Lipinski definition) is 1. The van der Waals surface area contributed by atoms with Crippen molar-refractivity contribution >= 4 is 28.9 Å². The van der Waals surface area contributed by atoms with Crippen molar-refractivity contribution in [3.05, 3.63) is 54.4 Å². The Hall–Kier alpha value is -2.82. The Morgan fingerprint density at radius 2 is 2.04 bits per heavy atom. The Morgan fingerprint density at radius 1 is 1.29 bits per heavy atom. The van der Waals surface area contributed by atoms with Gasteiger partial charge in [0.1, 0.15) is 5.70 Å². The molecule has 24 heavy (non-hydrogen) atoms. The fraction of sp³-hybridized carbons (Fsp3) is 0.263. The average molecular weight is 323 g/mol. The molecule has 2 aromatic rings. The molecule has 1 aromatic carbocycles. The van der Waals surface area contributed by atoms with E-state index in [0.29, 0.717) is 11.7 Å². The van der Waals surface area contributed by atoms with E-state index in [1.807, 2.05) is 24.4 Å². The molecule has 5 nitrogen and oxygen atoms in total. The summed E-state index contributed by atoms with van der Waals surface area (Å²) in [6, 6.07) is 8.04. The highest BCUT2D eigenvalue weighted by molar-refractivity contribution is 6.14. The van der Waals surface area contributed by atoms with E-state index in [2.05, 4.69) is 36.4 Å². The molecular formula is C19H21N3O2. The predicted octanol–water partition coefficient (Wildman–Crippen LogP) is 3.69. The topological polar surface area (TPSA) is 54.3 Å². The Balaban J connectivity index is 2.06. The maximum Gasteiger partial charge on any atom is 0.329 e. The van der Waals surface area contributed by atoms with Gasteiger partial charge in [0.25, 0.3) is 5.91 Å². The SMILES string of the molecule is C=CCN1C(=O)N/C(=C/c2cn([C@H](C)CC)c3ccccc23)C1=O. The summed E-state index contributed by atoms with van der Waals surface area (Å²) in [5, 5.41) is 3.71. The number of para-hydroxylation sites is 1. The minimum Gasteiger partial charge on any atom is -0.344 e. The molecule has 124 valence electrons. The molecule has 1 aromatic heterocycles. The first kappa shape index (κ1) is 16.1. The average Bonchev–Trinajstić information content (AvgIpc) is 3.08. The summed E-state index contributed by atoms with van der Waals surface area (Å²) in [5.74, 6) is -0.319. The van der Waals surface area contributed by atoms with E-state index in [9.17, 15) is 9.59 Å². The highest BCUT2D eigenvalue weighted by Crippen LogP contribution is 2.28. The van der Waals surface area contributed by atoms with E-state index in [4.69, 9.17) is 0 Å². The van der Waals surface area contributed by atoms with Crippen molar-refractivity contribution in [2.24, 2.45) is 0 Å². The highest BCUT2D eigenvalue weighted by Gasteiger charge is 2.32. The molecule has 2 heterocycles. The summed E-state index contributed by atoms with van der Waals surface area (Å²) in [5.41, 5.74) is 2.35. The molecule has 1 aliphatic heterocycles. The summed E-state index contributed by atoms with van der Waals surface area (Å²) < 4.78 is 2.21. The fourth-order valence-corrected chi connectivity index (χ4v) is 2.93. The van der Waals surface area contributed by atoms with Crippen molar-refractivity contribution < 1.29 is 9.59 Å². The number of urea groups is 1. The van der Waals surface area contributed by atoms with Crippen LogP contribution in [0, 0.1) is 0 Å². The van der Waals surface area contributed by atoms with Crippen LogP contribution in [0.25, 0.3) is 17.0 Å². The van der Waals surface area contributed by atoms with E-state index in [1.165, 1.54) is 6.08 Å². The Morgan fingerprint density at radius 3 is 2.75 bits per heavy atom. The number of carbonyl (C=O) groups is 2. The van der Waals surface area contributed by atoms with Gasteiger partial charge in [-0.1, -0.05) is 31.2 Å². The van der Waals surface area contributed by atoms with Gasteiger partial charge in [-0.15, -0.1) is 6.58 Å². The lowest BCUT2D eigenvalue weighted by atomic mass is 10.1. The maximum atomic E-state index is 12.4. The molecule has 1 N–H and O–H groups in total. The van der Waals surface area contributed by atoms with Gasteiger partial charge >= 0.3 is 6.03 Å². The molecular weight excluding hydrogens is 302 g/mol. The van der Waals surface area contributed by atoms with Gasteiger partial charge in [-0.2, -0.15) is 0 Å². The molecule has 0 spiro atoms. The molecule has 0 saturated carbocycles. The summed E-state index contributed by atoms with van der Waals surface area (Å²) in [6.45, 7) is 8.09. The number of benzene rings is 1. The van der Waals surface area contributed by atoms with E-state index < -0.39 is 6.03 Å². The lowest BCUT2D eigenvalue weighted by Gasteiger charge is -2.12. The van der Waals surface area contributed by atoms with Crippen LogP contribution in [0.5, 0.6) is 0 Å². The number of nitrogens with one attached hydrogen (secondary N) is 1. The Labute approximate surface area is 141 Å². The molecule has 1 saturated heterocycles. The van der Waals surface area contributed by atoms with Gasteiger partial charge in [-0.05, 0) is 25.5 Å². The van der Waals surface area contributed by atoms with Crippen molar-refractivity contribution in [1.29, 1.82) is 0 Å². The van der Waals surface area contributed by atoms with Gasteiger partial charge in [0.2, 0.25) is 0 Å². The first-order chi connectivity index (χ1) is 11.6. The molecule has 1 aliphatic rings. The van der Waals surface area contributed by atoms with Crippen LogP contribution in [-0.2, 0) is 4.79 Å².